The van der Waals surface area contributed by atoms with Gasteiger partial charge < -0.3 is 9.30 Å². The Bertz CT molecular complexity index is 1270. The average Bonchev–Trinajstić information content (AvgIpc) is 3.53. The normalized spacial score (nSPS) is 14.7. The predicted octanol–water partition coefficient (Wildman–Crippen LogP) is 2.71. The van der Waals surface area contributed by atoms with Crippen LogP contribution in [0.25, 0.3) is 5.13 Å². The Hall–Kier alpha value is -2.76. The van der Waals surface area contributed by atoms with Crippen LogP contribution in [0, 0.1) is 13.8 Å². The number of ether oxygens (including phenoxy) is 1. The van der Waals surface area contributed by atoms with Gasteiger partial charge in [-0.1, -0.05) is 0 Å². The van der Waals surface area contributed by atoms with E-state index >= 15 is 0 Å². The largest absolute Gasteiger partial charge is 0.453 e. The summed E-state index contributed by atoms with van der Waals surface area (Å²) in [4.78, 5) is 29.7. The fourth-order valence-electron chi connectivity index (χ4n) is 3.90. The van der Waals surface area contributed by atoms with E-state index in [4.69, 9.17) is 4.74 Å². The molecule has 1 aliphatic heterocycles. The number of aromatic nitrogens is 3. The van der Waals surface area contributed by atoms with E-state index in [0.29, 0.717) is 18.7 Å². The van der Waals surface area contributed by atoms with Crippen LogP contribution in [0.4, 0.5) is 0 Å². The molecular formula is C21H24N4O5S2. The lowest BCUT2D eigenvalue weighted by atomic mass is 10.1. The van der Waals surface area contributed by atoms with E-state index in [9.17, 15) is 18.0 Å². The first kappa shape index (κ1) is 22.4. The highest BCUT2D eigenvalue weighted by Gasteiger charge is 2.30. The second kappa shape index (κ2) is 8.64. The zero-order valence-corrected chi connectivity index (χ0v) is 19.7. The molecule has 0 amide bonds. The van der Waals surface area contributed by atoms with Gasteiger partial charge in [-0.25, -0.2) is 18.2 Å². The molecule has 1 aliphatic rings. The molecule has 1 saturated heterocycles. The lowest BCUT2D eigenvalue weighted by Crippen LogP contribution is -2.27. The summed E-state index contributed by atoms with van der Waals surface area (Å²) >= 11 is 1.46. The molecule has 0 saturated carbocycles. The molecule has 0 bridgehead atoms. The third kappa shape index (κ3) is 4.03. The second-order valence-corrected chi connectivity index (χ2v) is 10.5. The van der Waals surface area contributed by atoms with Crippen molar-refractivity contribution in [2.75, 3.05) is 19.7 Å². The van der Waals surface area contributed by atoms with Crippen molar-refractivity contribution in [2.45, 2.75) is 31.6 Å². The smallest absolute Gasteiger partial charge is 0.355 e. The van der Waals surface area contributed by atoms with Gasteiger partial charge in [-0.05, 0) is 38.8 Å². The number of carbonyl (C=O) groups is 2. The molecule has 11 heteroatoms. The highest BCUT2D eigenvalue weighted by molar-refractivity contribution is 7.89. The highest BCUT2D eigenvalue weighted by atomic mass is 32.2. The summed E-state index contributed by atoms with van der Waals surface area (Å²) in [7, 11) is -2.07. The molecule has 3 aromatic heterocycles. The summed E-state index contributed by atoms with van der Waals surface area (Å²) < 4.78 is 35.4. The molecule has 0 N–H and O–H groups in total. The third-order valence-corrected chi connectivity index (χ3v) is 8.19. The molecule has 0 radical (unpaired) electrons. The summed E-state index contributed by atoms with van der Waals surface area (Å²) in [6.45, 7) is 4.20. The first-order valence-corrected chi connectivity index (χ1v) is 12.5. The number of carbonyl (C=O) groups excluding carboxylic acids is 2. The fraction of sp³-hybridized carbons (Fsp3) is 0.381. The molecule has 32 heavy (non-hydrogen) atoms. The average molecular weight is 477 g/mol. The van der Waals surface area contributed by atoms with Crippen LogP contribution in [0.2, 0.25) is 0 Å². The van der Waals surface area contributed by atoms with Gasteiger partial charge in [0.2, 0.25) is 15.8 Å². The van der Waals surface area contributed by atoms with Gasteiger partial charge in [0, 0.05) is 54.9 Å². The van der Waals surface area contributed by atoms with Crippen LogP contribution in [-0.4, -0.2) is 58.3 Å². The van der Waals surface area contributed by atoms with E-state index in [1.807, 2.05) is 23.8 Å². The molecule has 0 spiro atoms. The summed E-state index contributed by atoms with van der Waals surface area (Å²) in [5.74, 6) is -1.09. The Labute approximate surface area is 190 Å². The number of hydrogen-bond acceptors (Lipinski definition) is 7. The van der Waals surface area contributed by atoms with Gasteiger partial charge in [-0.15, -0.1) is 11.3 Å². The van der Waals surface area contributed by atoms with Gasteiger partial charge in [0.1, 0.15) is 10.6 Å². The monoisotopic (exact) mass is 476 g/mol. The number of rotatable bonds is 7. The fourth-order valence-corrected chi connectivity index (χ4v) is 6.24. The van der Waals surface area contributed by atoms with Crippen molar-refractivity contribution in [3.8, 4) is 5.13 Å². The second-order valence-electron chi connectivity index (χ2n) is 7.72. The number of nitrogens with zero attached hydrogens (tertiary/aromatic N) is 4. The van der Waals surface area contributed by atoms with Crippen molar-refractivity contribution < 1.29 is 22.7 Å². The van der Waals surface area contributed by atoms with Crippen LogP contribution < -0.4 is 0 Å². The number of aryl methyl sites for hydroxylation is 2. The molecule has 9 nitrogen and oxygen atoms in total. The maximum atomic E-state index is 12.7. The van der Waals surface area contributed by atoms with Crippen LogP contribution in [0.5, 0.6) is 0 Å². The molecule has 4 rings (SSSR count). The van der Waals surface area contributed by atoms with Gasteiger partial charge in [0.05, 0.1) is 0 Å². The SMILES string of the molecule is Cc1cc(C(=O)COC(=O)c2cc(S(=O)(=O)N3CCCC3)cn2C)c(C)n1-c1nccs1. The molecule has 4 heterocycles. The third-order valence-electron chi connectivity index (χ3n) is 5.57. The molecule has 0 unspecified atom stereocenters. The Morgan fingerprint density at radius 2 is 1.91 bits per heavy atom. The van der Waals surface area contributed by atoms with E-state index in [1.165, 1.54) is 32.5 Å². The minimum atomic E-state index is -3.65. The number of hydrogen-bond donors (Lipinski definition) is 0. The van der Waals surface area contributed by atoms with Crippen molar-refractivity contribution in [2.24, 2.45) is 7.05 Å². The summed E-state index contributed by atoms with van der Waals surface area (Å²) in [5.41, 5.74) is 2.10. The zero-order valence-electron chi connectivity index (χ0n) is 18.1. The molecule has 0 aliphatic carbocycles. The molecular weight excluding hydrogens is 452 g/mol. The number of sulfonamides is 1. The van der Waals surface area contributed by atoms with Crippen LogP contribution in [-0.2, 0) is 21.8 Å². The van der Waals surface area contributed by atoms with E-state index in [2.05, 4.69) is 4.98 Å². The maximum Gasteiger partial charge on any atom is 0.355 e. The Kier molecular flexibility index (Phi) is 6.06. The Morgan fingerprint density at radius 1 is 1.19 bits per heavy atom. The van der Waals surface area contributed by atoms with E-state index in [1.54, 1.807) is 19.3 Å². The van der Waals surface area contributed by atoms with Crippen molar-refractivity contribution in [3.63, 3.8) is 0 Å². The van der Waals surface area contributed by atoms with E-state index in [-0.39, 0.29) is 16.4 Å². The highest BCUT2D eigenvalue weighted by Crippen LogP contribution is 2.24. The molecule has 0 aromatic carbocycles. The van der Waals surface area contributed by atoms with Gasteiger partial charge in [0.25, 0.3) is 0 Å². The molecule has 3 aromatic rings. The quantitative estimate of drug-likeness (QED) is 0.384. The van der Waals surface area contributed by atoms with Crippen molar-refractivity contribution in [3.05, 3.63) is 52.6 Å². The van der Waals surface area contributed by atoms with Gasteiger partial charge in [0.15, 0.2) is 11.7 Å². The van der Waals surface area contributed by atoms with Crippen LogP contribution in [0.15, 0.2) is 34.8 Å². The maximum absolute atomic E-state index is 12.7. The predicted molar refractivity (Wildman–Crippen MR) is 119 cm³/mol. The first-order valence-electron chi connectivity index (χ1n) is 10.2. The van der Waals surface area contributed by atoms with Crippen molar-refractivity contribution >= 4 is 33.1 Å². The minimum absolute atomic E-state index is 0.0483. The number of ketones is 1. The Morgan fingerprint density at radius 3 is 2.56 bits per heavy atom. The number of esters is 1. The lowest BCUT2D eigenvalue weighted by Gasteiger charge is -2.13. The summed E-state index contributed by atoms with van der Waals surface area (Å²) in [5, 5.41) is 2.61. The minimum Gasteiger partial charge on any atom is -0.453 e. The van der Waals surface area contributed by atoms with Gasteiger partial charge in [-0.3, -0.25) is 9.36 Å². The molecule has 1 fully saturated rings. The van der Waals surface area contributed by atoms with E-state index < -0.39 is 22.6 Å². The van der Waals surface area contributed by atoms with Gasteiger partial charge in [-0.2, -0.15) is 4.31 Å². The van der Waals surface area contributed by atoms with Crippen LogP contribution >= 0.6 is 11.3 Å². The van der Waals surface area contributed by atoms with Crippen molar-refractivity contribution in [1.29, 1.82) is 0 Å². The van der Waals surface area contributed by atoms with E-state index in [0.717, 1.165) is 29.4 Å². The van der Waals surface area contributed by atoms with Gasteiger partial charge >= 0.3 is 5.97 Å². The number of thiazole rings is 1. The molecule has 0 atom stereocenters. The number of Topliss-reactive ketones (excluding diaryl/α,β-unsaturated/α-hetero) is 1. The topological polar surface area (TPSA) is 104 Å². The Balaban J connectivity index is 1.47. The van der Waals surface area contributed by atoms with Crippen LogP contribution in [0.1, 0.15) is 45.1 Å². The summed E-state index contributed by atoms with van der Waals surface area (Å²) in [6.07, 6.45) is 4.74. The lowest BCUT2D eigenvalue weighted by molar-refractivity contribution is 0.0465. The molecule has 170 valence electrons. The first-order chi connectivity index (χ1) is 15.2. The van der Waals surface area contributed by atoms with Crippen LogP contribution in [0.3, 0.4) is 0 Å². The summed E-state index contributed by atoms with van der Waals surface area (Å²) in [6, 6.07) is 3.05. The standard InChI is InChI=1S/C21H24N4O5S2/c1-14-10-17(15(2)25(14)21-22-6-9-31-21)19(26)13-30-20(27)18-11-16(12-23(18)3)32(28,29)24-7-4-5-8-24/h6,9-12H,4-5,7-8,13H2,1-3H3. The zero-order chi connectivity index (χ0) is 23.0. The van der Waals surface area contributed by atoms with Crippen molar-refractivity contribution in [1.82, 2.24) is 18.4 Å².